The van der Waals surface area contributed by atoms with Gasteiger partial charge < -0.3 is 29.5 Å². The molecule has 330 valence electrons. The second-order valence-corrected chi connectivity index (χ2v) is 16.9. The summed E-state index contributed by atoms with van der Waals surface area (Å²) in [6, 6.07) is 0. The lowest BCUT2D eigenvalue weighted by Crippen LogP contribution is -2.29. The number of aliphatic hydroxyl groups excluding tert-OH is 2. The molecule has 0 aromatic heterocycles. The number of carbonyl (C=O) groups excluding carboxylic acids is 2. The summed E-state index contributed by atoms with van der Waals surface area (Å²) in [7, 11) is -4.79. The molecular weight excluding hydrogens is 731 g/mol. The third kappa shape index (κ3) is 40.6. The molecule has 0 saturated carbocycles. The Labute approximate surface area is 342 Å². The van der Waals surface area contributed by atoms with Gasteiger partial charge in [0.15, 0.2) is 6.10 Å². The molecule has 0 aromatic rings. The standard InChI is InChI=1S/C45H85O10P/c1-3-5-7-9-11-12-13-14-15-16-17-18-19-20-21-22-23-24-25-29-34-38-45(49)55-41(40-54-56(50,51)52)39-53-44(48)37-33-30-26-28-32-36-43(47)42(46)35-31-27-10-8-6-4-2/h14-15,27,31,41-43,46-47H,3-13,16-26,28-30,32-40H2,1-2H3,(H2,50,51,52)/b15-14-,31-27-/t41-,42-,43-/m1/s1. The zero-order valence-electron chi connectivity index (χ0n) is 35.8. The fourth-order valence-corrected chi connectivity index (χ4v) is 6.93. The minimum Gasteiger partial charge on any atom is -0.462 e. The van der Waals surface area contributed by atoms with Gasteiger partial charge in [0.05, 0.1) is 18.8 Å². The molecule has 0 aliphatic carbocycles. The molecule has 0 unspecified atom stereocenters. The molecule has 56 heavy (non-hydrogen) atoms. The zero-order valence-corrected chi connectivity index (χ0v) is 36.7. The van der Waals surface area contributed by atoms with E-state index in [0.717, 1.165) is 57.8 Å². The molecule has 3 atom stereocenters. The third-order valence-electron chi connectivity index (χ3n) is 10.1. The van der Waals surface area contributed by atoms with Gasteiger partial charge >= 0.3 is 19.8 Å². The summed E-state index contributed by atoms with van der Waals surface area (Å²) in [6.45, 7) is 3.51. The van der Waals surface area contributed by atoms with E-state index in [1.165, 1.54) is 109 Å². The Hall–Kier alpha value is -1.55. The van der Waals surface area contributed by atoms with Gasteiger partial charge in [0, 0.05) is 12.8 Å². The molecule has 0 aliphatic rings. The normalized spacial score (nSPS) is 13.8. The van der Waals surface area contributed by atoms with E-state index in [1.807, 2.05) is 6.08 Å². The van der Waals surface area contributed by atoms with E-state index >= 15 is 0 Å². The van der Waals surface area contributed by atoms with Crippen molar-refractivity contribution in [1.29, 1.82) is 0 Å². The van der Waals surface area contributed by atoms with Crippen molar-refractivity contribution in [3.8, 4) is 0 Å². The summed E-state index contributed by atoms with van der Waals surface area (Å²) in [5, 5.41) is 20.4. The predicted molar refractivity (Wildman–Crippen MR) is 228 cm³/mol. The summed E-state index contributed by atoms with van der Waals surface area (Å²) < 4.78 is 26.4. The van der Waals surface area contributed by atoms with Crippen molar-refractivity contribution in [2.24, 2.45) is 0 Å². The molecule has 0 radical (unpaired) electrons. The van der Waals surface area contributed by atoms with Crippen LogP contribution in [0.2, 0.25) is 0 Å². The molecule has 0 amide bonds. The molecule has 0 saturated heterocycles. The van der Waals surface area contributed by atoms with Crippen molar-refractivity contribution in [3.63, 3.8) is 0 Å². The highest BCUT2D eigenvalue weighted by Gasteiger charge is 2.23. The first-order chi connectivity index (χ1) is 27.1. The van der Waals surface area contributed by atoms with E-state index in [9.17, 15) is 24.4 Å². The Balaban J connectivity index is 3.95. The summed E-state index contributed by atoms with van der Waals surface area (Å²) in [4.78, 5) is 42.9. The highest BCUT2D eigenvalue weighted by Crippen LogP contribution is 2.36. The summed E-state index contributed by atoms with van der Waals surface area (Å²) in [6.07, 6.45) is 39.2. The van der Waals surface area contributed by atoms with Crippen LogP contribution in [0.15, 0.2) is 24.3 Å². The smallest absolute Gasteiger partial charge is 0.462 e. The van der Waals surface area contributed by atoms with Crippen LogP contribution in [0.5, 0.6) is 0 Å². The second-order valence-electron chi connectivity index (χ2n) is 15.7. The molecule has 10 nitrogen and oxygen atoms in total. The summed E-state index contributed by atoms with van der Waals surface area (Å²) in [5.74, 6) is -0.990. The van der Waals surface area contributed by atoms with Crippen LogP contribution in [0.25, 0.3) is 0 Å². The Morgan fingerprint density at radius 2 is 0.929 bits per heavy atom. The van der Waals surface area contributed by atoms with Gasteiger partial charge in [0.1, 0.15) is 6.61 Å². The van der Waals surface area contributed by atoms with E-state index < -0.39 is 44.7 Å². The molecule has 0 heterocycles. The minimum atomic E-state index is -4.79. The fraction of sp³-hybridized carbons (Fsp3) is 0.867. The van der Waals surface area contributed by atoms with Gasteiger partial charge in [-0.2, -0.15) is 0 Å². The number of carbonyl (C=O) groups is 2. The highest BCUT2D eigenvalue weighted by atomic mass is 31.2. The van der Waals surface area contributed by atoms with E-state index in [4.69, 9.17) is 19.3 Å². The molecule has 0 bridgehead atoms. The van der Waals surface area contributed by atoms with Gasteiger partial charge in [-0.1, -0.05) is 167 Å². The zero-order chi connectivity index (χ0) is 41.4. The van der Waals surface area contributed by atoms with Crippen molar-refractivity contribution in [2.75, 3.05) is 13.2 Å². The van der Waals surface area contributed by atoms with Crippen molar-refractivity contribution in [2.45, 2.75) is 238 Å². The van der Waals surface area contributed by atoms with Crippen LogP contribution in [0.1, 0.15) is 219 Å². The Morgan fingerprint density at radius 1 is 0.518 bits per heavy atom. The molecule has 11 heteroatoms. The van der Waals surface area contributed by atoms with Crippen LogP contribution in [0.3, 0.4) is 0 Å². The van der Waals surface area contributed by atoms with E-state index in [-0.39, 0.29) is 19.4 Å². The molecule has 0 aromatic carbocycles. The first-order valence-corrected chi connectivity index (χ1v) is 24.3. The highest BCUT2D eigenvalue weighted by molar-refractivity contribution is 7.46. The topological polar surface area (TPSA) is 160 Å². The lowest BCUT2D eigenvalue weighted by Gasteiger charge is -2.18. The number of hydrogen-bond donors (Lipinski definition) is 4. The Kier molecular flexibility index (Phi) is 39.1. The first-order valence-electron chi connectivity index (χ1n) is 22.8. The number of rotatable bonds is 42. The van der Waals surface area contributed by atoms with E-state index in [2.05, 4.69) is 36.6 Å². The number of allylic oxidation sites excluding steroid dienone is 3. The molecule has 0 rings (SSSR count). The lowest BCUT2D eigenvalue weighted by molar-refractivity contribution is -0.161. The van der Waals surface area contributed by atoms with Crippen LogP contribution >= 0.6 is 7.82 Å². The van der Waals surface area contributed by atoms with Crippen LogP contribution in [0, 0.1) is 0 Å². The number of phosphoric ester groups is 1. The average Bonchev–Trinajstić information content (AvgIpc) is 3.16. The number of aliphatic hydroxyl groups is 2. The number of hydrogen-bond acceptors (Lipinski definition) is 8. The van der Waals surface area contributed by atoms with Crippen LogP contribution in [-0.4, -0.2) is 63.5 Å². The Morgan fingerprint density at radius 3 is 1.45 bits per heavy atom. The first kappa shape index (κ1) is 54.5. The predicted octanol–water partition coefficient (Wildman–Crippen LogP) is 11.9. The van der Waals surface area contributed by atoms with Gasteiger partial charge in [-0.05, 0) is 64.2 Å². The molecular formula is C45H85O10P. The lowest BCUT2D eigenvalue weighted by atomic mass is 10.0. The summed E-state index contributed by atoms with van der Waals surface area (Å²) in [5.41, 5.74) is 0. The van der Waals surface area contributed by atoms with E-state index in [0.29, 0.717) is 25.7 Å². The molecule has 4 N–H and O–H groups in total. The van der Waals surface area contributed by atoms with Crippen LogP contribution in [0.4, 0.5) is 0 Å². The maximum atomic E-state index is 12.4. The second kappa shape index (κ2) is 40.2. The maximum Gasteiger partial charge on any atom is 0.469 e. The van der Waals surface area contributed by atoms with Gasteiger partial charge in [0.2, 0.25) is 0 Å². The van der Waals surface area contributed by atoms with Gasteiger partial charge in [-0.3, -0.25) is 14.1 Å². The van der Waals surface area contributed by atoms with Crippen LogP contribution < -0.4 is 0 Å². The summed E-state index contributed by atoms with van der Waals surface area (Å²) >= 11 is 0. The van der Waals surface area contributed by atoms with Crippen LogP contribution in [-0.2, 0) is 28.2 Å². The van der Waals surface area contributed by atoms with Crippen molar-refractivity contribution in [3.05, 3.63) is 24.3 Å². The number of esters is 2. The monoisotopic (exact) mass is 817 g/mol. The number of ether oxygens (including phenoxy) is 2. The van der Waals surface area contributed by atoms with Gasteiger partial charge in [0.25, 0.3) is 0 Å². The number of unbranched alkanes of at least 4 members (excludes halogenated alkanes) is 24. The average molecular weight is 817 g/mol. The van der Waals surface area contributed by atoms with Gasteiger partial charge in [-0.25, -0.2) is 4.57 Å². The minimum absolute atomic E-state index is 0.170. The van der Waals surface area contributed by atoms with Crippen molar-refractivity contribution in [1.82, 2.24) is 0 Å². The fourth-order valence-electron chi connectivity index (χ4n) is 6.57. The van der Waals surface area contributed by atoms with Gasteiger partial charge in [-0.15, -0.1) is 0 Å². The maximum absolute atomic E-state index is 12.4. The SMILES string of the molecule is CCCCC/C=C\C[C@@H](O)[C@H](O)CCCCCCCC(=O)OC[C@H](COP(=O)(O)O)OC(=O)CCCCCCCCCCCCC/C=C\CCCCCCCC. The van der Waals surface area contributed by atoms with E-state index in [1.54, 1.807) is 0 Å². The van der Waals surface area contributed by atoms with Crippen molar-refractivity contribution >= 4 is 19.8 Å². The van der Waals surface area contributed by atoms with Crippen molar-refractivity contribution < 1.29 is 48.2 Å². The molecule has 0 spiro atoms. The molecule has 0 fully saturated rings. The molecule has 0 aliphatic heterocycles. The number of phosphoric acid groups is 1. The third-order valence-corrected chi connectivity index (χ3v) is 10.6. The Bertz CT molecular complexity index is 997. The largest absolute Gasteiger partial charge is 0.469 e. The quantitative estimate of drug-likeness (QED) is 0.0202.